The molecule has 29 heavy (non-hydrogen) atoms. The number of thiophene rings is 1. The van der Waals surface area contributed by atoms with Crippen LogP contribution in [0.2, 0.25) is 0 Å². The topological polar surface area (TPSA) is 69.7 Å². The van der Waals surface area contributed by atoms with E-state index < -0.39 is 0 Å². The van der Waals surface area contributed by atoms with Gasteiger partial charge in [0.05, 0.1) is 31.1 Å². The number of ether oxygens (including phenoxy) is 3. The second-order valence-corrected chi connectivity index (χ2v) is 8.95. The van der Waals surface area contributed by atoms with Crippen LogP contribution in [0.25, 0.3) is 10.2 Å². The van der Waals surface area contributed by atoms with Gasteiger partial charge in [-0.25, -0.2) is 9.78 Å². The average molecular weight is 433 g/mol. The van der Waals surface area contributed by atoms with Crippen LogP contribution in [0.4, 0.5) is 10.1 Å². The van der Waals surface area contributed by atoms with Crippen molar-refractivity contribution in [2.75, 3.05) is 26.1 Å². The van der Waals surface area contributed by atoms with Gasteiger partial charge < -0.3 is 19.5 Å². The predicted molar refractivity (Wildman–Crippen MR) is 118 cm³/mol. The molecule has 0 aliphatic heterocycles. The standard InChI is InChI=1S/C21H24N2O4S2/c1-4-27-20(24)17-13-8-6-5-7-9-15(13)28-19(17)23-21-22-18-14(26-3)10-12(25-2)11-16(18)29-21/h10-11H,4-9H2,1-3H3,(H,22,23). The Morgan fingerprint density at radius 1 is 1.14 bits per heavy atom. The largest absolute Gasteiger partial charge is 0.497 e. The van der Waals surface area contributed by atoms with Gasteiger partial charge in [-0.3, -0.25) is 0 Å². The maximum Gasteiger partial charge on any atom is 0.341 e. The van der Waals surface area contributed by atoms with E-state index in [4.69, 9.17) is 19.2 Å². The lowest BCUT2D eigenvalue weighted by Gasteiger charge is -2.07. The van der Waals surface area contributed by atoms with E-state index in [1.807, 2.05) is 19.1 Å². The zero-order valence-corrected chi connectivity index (χ0v) is 18.4. The molecule has 0 fully saturated rings. The first-order valence-electron chi connectivity index (χ1n) is 9.75. The summed E-state index contributed by atoms with van der Waals surface area (Å²) in [6.45, 7) is 2.20. The summed E-state index contributed by atoms with van der Waals surface area (Å²) in [6, 6.07) is 3.76. The van der Waals surface area contributed by atoms with Crippen LogP contribution in [0.15, 0.2) is 12.1 Å². The van der Waals surface area contributed by atoms with E-state index in [0.29, 0.717) is 23.1 Å². The number of aromatic nitrogens is 1. The van der Waals surface area contributed by atoms with Gasteiger partial charge in [-0.15, -0.1) is 11.3 Å². The van der Waals surface area contributed by atoms with Gasteiger partial charge in [-0.1, -0.05) is 17.8 Å². The van der Waals surface area contributed by atoms with Crippen molar-refractivity contribution < 1.29 is 19.0 Å². The highest BCUT2D eigenvalue weighted by molar-refractivity contribution is 7.23. The normalized spacial score (nSPS) is 13.6. The number of benzene rings is 1. The molecule has 4 rings (SSSR count). The highest BCUT2D eigenvalue weighted by atomic mass is 32.1. The van der Waals surface area contributed by atoms with Gasteiger partial charge in [0.2, 0.25) is 0 Å². The molecule has 2 heterocycles. The fourth-order valence-electron chi connectivity index (χ4n) is 3.65. The van der Waals surface area contributed by atoms with Crippen molar-refractivity contribution >= 4 is 49.0 Å². The number of nitrogens with one attached hydrogen (secondary N) is 1. The van der Waals surface area contributed by atoms with Crippen molar-refractivity contribution in [2.45, 2.75) is 39.0 Å². The van der Waals surface area contributed by atoms with E-state index in [1.54, 1.807) is 25.6 Å². The number of rotatable bonds is 6. The van der Waals surface area contributed by atoms with Crippen LogP contribution in [0.1, 0.15) is 47.0 Å². The first kappa shape index (κ1) is 20.0. The number of carbonyl (C=O) groups is 1. The van der Waals surface area contributed by atoms with Crippen molar-refractivity contribution in [3.05, 3.63) is 28.1 Å². The van der Waals surface area contributed by atoms with Crippen LogP contribution < -0.4 is 14.8 Å². The zero-order chi connectivity index (χ0) is 20.4. The van der Waals surface area contributed by atoms with Crippen molar-refractivity contribution in [1.29, 1.82) is 0 Å². The minimum absolute atomic E-state index is 0.255. The molecule has 1 N–H and O–H groups in total. The van der Waals surface area contributed by atoms with E-state index in [2.05, 4.69) is 5.32 Å². The zero-order valence-electron chi connectivity index (χ0n) is 16.8. The van der Waals surface area contributed by atoms with Gasteiger partial charge in [0.25, 0.3) is 0 Å². The number of hydrogen-bond acceptors (Lipinski definition) is 8. The third kappa shape index (κ3) is 3.91. The number of aryl methyl sites for hydroxylation is 1. The smallest absolute Gasteiger partial charge is 0.341 e. The maximum absolute atomic E-state index is 12.7. The van der Waals surface area contributed by atoms with Crippen molar-refractivity contribution in [3.63, 3.8) is 0 Å². The van der Waals surface area contributed by atoms with Crippen LogP contribution in [-0.2, 0) is 17.6 Å². The van der Waals surface area contributed by atoms with Crippen LogP contribution >= 0.6 is 22.7 Å². The first-order valence-corrected chi connectivity index (χ1v) is 11.4. The van der Waals surface area contributed by atoms with Crippen LogP contribution in [0, 0.1) is 0 Å². The van der Waals surface area contributed by atoms with Crippen molar-refractivity contribution in [1.82, 2.24) is 4.98 Å². The molecule has 0 atom stereocenters. The Kier molecular flexibility index (Phi) is 5.91. The van der Waals surface area contributed by atoms with Gasteiger partial charge >= 0.3 is 5.97 Å². The molecule has 0 unspecified atom stereocenters. The number of esters is 1. The minimum Gasteiger partial charge on any atom is -0.497 e. The average Bonchev–Trinajstić information content (AvgIpc) is 3.19. The van der Waals surface area contributed by atoms with Gasteiger partial charge in [-0.2, -0.15) is 0 Å². The Hall–Kier alpha value is -2.32. The fraction of sp³-hybridized carbons (Fsp3) is 0.429. The molecule has 0 bridgehead atoms. The Labute approximate surface area is 177 Å². The molecule has 3 aromatic rings. The highest BCUT2D eigenvalue weighted by Gasteiger charge is 2.26. The number of methoxy groups -OCH3 is 2. The molecule has 1 aliphatic carbocycles. The summed E-state index contributed by atoms with van der Waals surface area (Å²) in [4.78, 5) is 18.7. The van der Waals surface area contributed by atoms with Gasteiger partial charge in [-0.05, 0) is 44.2 Å². The van der Waals surface area contributed by atoms with E-state index in [9.17, 15) is 4.79 Å². The number of carbonyl (C=O) groups excluding carboxylic acids is 1. The van der Waals surface area contributed by atoms with Gasteiger partial charge in [0.15, 0.2) is 5.13 Å². The molecule has 8 heteroatoms. The van der Waals surface area contributed by atoms with E-state index in [1.165, 1.54) is 22.6 Å². The summed E-state index contributed by atoms with van der Waals surface area (Å²) in [7, 11) is 3.25. The summed E-state index contributed by atoms with van der Waals surface area (Å²) in [5.74, 6) is 1.13. The Bertz CT molecular complexity index is 1040. The summed E-state index contributed by atoms with van der Waals surface area (Å²) >= 11 is 3.16. The van der Waals surface area contributed by atoms with Crippen LogP contribution in [-0.4, -0.2) is 31.8 Å². The molecule has 1 aliphatic rings. The molecular weight excluding hydrogens is 408 g/mol. The van der Waals surface area contributed by atoms with Gasteiger partial charge in [0, 0.05) is 10.9 Å². The second kappa shape index (κ2) is 8.59. The highest BCUT2D eigenvalue weighted by Crippen LogP contribution is 2.42. The third-order valence-electron chi connectivity index (χ3n) is 5.01. The van der Waals surface area contributed by atoms with Crippen LogP contribution in [0.3, 0.4) is 0 Å². The molecule has 1 aromatic carbocycles. The summed E-state index contributed by atoms with van der Waals surface area (Å²) in [5, 5.41) is 4.93. The molecule has 6 nitrogen and oxygen atoms in total. The van der Waals surface area contributed by atoms with E-state index in [0.717, 1.165) is 52.2 Å². The number of anilines is 2. The lowest BCUT2D eigenvalue weighted by molar-refractivity contribution is 0.0527. The van der Waals surface area contributed by atoms with Crippen LogP contribution in [0.5, 0.6) is 11.5 Å². The Morgan fingerprint density at radius 3 is 2.72 bits per heavy atom. The third-order valence-corrected chi connectivity index (χ3v) is 7.14. The molecule has 2 aromatic heterocycles. The van der Waals surface area contributed by atoms with Gasteiger partial charge in [0.1, 0.15) is 22.0 Å². The van der Waals surface area contributed by atoms with Crippen molar-refractivity contribution in [3.8, 4) is 11.5 Å². The molecule has 0 spiro atoms. The Balaban J connectivity index is 1.75. The lowest BCUT2D eigenvalue weighted by Crippen LogP contribution is -2.09. The predicted octanol–water partition coefficient (Wildman–Crippen LogP) is 5.56. The fourth-order valence-corrected chi connectivity index (χ4v) is 5.91. The van der Waals surface area contributed by atoms with Crippen molar-refractivity contribution in [2.24, 2.45) is 0 Å². The van der Waals surface area contributed by atoms with E-state index in [-0.39, 0.29) is 5.97 Å². The van der Waals surface area contributed by atoms with E-state index >= 15 is 0 Å². The second-order valence-electron chi connectivity index (χ2n) is 6.81. The maximum atomic E-state index is 12.7. The monoisotopic (exact) mass is 432 g/mol. The molecule has 0 saturated heterocycles. The molecular formula is C21H24N2O4S2. The molecule has 0 saturated carbocycles. The minimum atomic E-state index is -0.255. The molecule has 154 valence electrons. The summed E-state index contributed by atoms with van der Waals surface area (Å²) in [5.41, 5.74) is 2.60. The summed E-state index contributed by atoms with van der Waals surface area (Å²) < 4.78 is 17.2. The number of hydrogen-bond donors (Lipinski definition) is 1. The summed E-state index contributed by atoms with van der Waals surface area (Å²) in [6.07, 6.45) is 5.40. The Morgan fingerprint density at radius 2 is 1.97 bits per heavy atom. The molecule has 0 radical (unpaired) electrons. The number of fused-ring (bicyclic) bond motifs is 2. The number of thiazole rings is 1. The quantitative estimate of drug-likeness (QED) is 0.406. The lowest BCUT2D eigenvalue weighted by atomic mass is 10.1. The number of nitrogens with zero attached hydrogens (tertiary/aromatic N) is 1. The molecule has 0 amide bonds. The first-order chi connectivity index (χ1) is 14.1. The SMILES string of the molecule is CCOC(=O)c1c(Nc2nc3c(OC)cc(OC)cc3s2)sc2c1CCCCC2.